The summed E-state index contributed by atoms with van der Waals surface area (Å²) in [4.78, 5) is 30.4. The van der Waals surface area contributed by atoms with E-state index in [1.54, 1.807) is 12.0 Å². The minimum absolute atomic E-state index is 0.0574. The van der Waals surface area contributed by atoms with Crippen LogP contribution in [-0.4, -0.2) is 35.9 Å². The molecule has 0 saturated heterocycles. The first-order valence-corrected chi connectivity index (χ1v) is 15.0. The van der Waals surface area contributed by atoms with Crippen LogP contribution in [0.15, 0.2) is 115 Å². The van der Waals surface area contributed by atoms with Crippen LogP contribution >= 0.6 is 0 Å². The molecule has 5 nitrogen and oxygen atoms in total. The van der Waals surface area contributed by atoms with Crippen LogP contribution in [0.2, 0.25) is 0 Å². The predicted molar refractivity (Wildman–Crippen MR) is 167 cm³/mol. The molecule has 1 aliphatic rings. The summed E-state index contributed by atoms with van der Waals surface area (Å²) in [7, 11) is 1.64. The first kappa shape index (κ1) is 29.1. The third-order valence-corrected chi connectivity index (χ3v) is 8.24. The van der Waals surface area contributed by atoms with Gasteiger partial charge in [-0.25, -0.2) is 0 Å². The molecule has 0 bridgehead atoms. The van der Waals surface area contributed by atoms with Gasteiger partial charge in [0.1, 0.15) is 11.8 Å². The van der Waals surface area contributed by atoms with Crippen molar-refractivity contribution in [2.24, 2.45) is 0 Å². The summed E-state index contributed by atoms with van der Waals surface area (Å²) in [5, 5.41) is 3.30. The molecule has 5 heteroatoms. The molecular formula is C37H40N2O3. The molecule has 0 heterocycles. The number of methoxy groups -OCH3 is 1. The molecule has 1 N–H and O–H groups in total. The van der Waals surface area contributed by atoms with Gasteiger partial charge in [-0.15, -0.1) is 0 Å². The third-order valence-electron chi connectivity index (χ3n) is 8.24. The van der Waals surface area contributed by atoms with Crippen molar-refractivity contribution in [1.82, 2.24) is 10.2 Å². The Morgan fingerprint density at radius 2 is 1.36 bits per heavy atom. The molecule has 1 atom stereocenters. The molecule has 2 amide bonds. The SMILES string of the molecule is COc1cccc(CN(C(=O)CC(c2ccccc2)c2ccccc2)[C@H](Cc2ccccc2)C(=O)NC2CCCC2)c1. The van der Waals surface area contributed by atoms with Gasteiger partial charge in [-0.2, -0.15) is 0 Å². The van der Waals surface area contributed by atoms with Crippen LogP contribution < -0.4 is 10.1 Å². The molecule has 216 valence electrons. The molecule has 4 aromatic carbocycles. The van der Waals surface area contributed by atoms with Crippen LogP contribution in [0, 0.1) is 0 Å². The molecule has 0 spiro atoms. The van der Waals surface area contributed by atoms with E-state index in [0.717, 1.165) is 53.7 Å². The van der Waals surface area contributed by atoms with Gasteiger partial charge in [0.05, 0.1) is 7.11 Å². The van der Waals surface area contributed by atoms with E-state index in [-0.39, 0.29) is 30.2 Å². The minimum Gasteiger partial charge on any atom is -0.497 e. The van der Waals surface area contributed by atoms with Crippen LogP contribution in [0.3, 0.4) is 0 Å². The minimum atomic E-state index is -0.654. The van der Waals surface area contributed by atoms with Crippen LogP contribution in [0.25, 0.3) is 0 Å². The van der Waals surface area contributed by atoms with Gasteiger partial charge in [0, 0.05) is 31.3 Å². The molecule has 1 saturated carbocycles. The summed E-state index contributed by atoms with van der Waals surface area (Å²) in [5.41, 5.74) is 4.10. The number of carbonyl (C=O) groups excluding carboxylic acids is 2. The summed E-state index contributed by atoms with van der Waals surface area (Å²) in [6, 6.07) is 37.6. The predicted octanol–water partition coefficient (Wildman–Crippen LogP) is 6.92. The Bertz CT molecular complexity index is 1380. The number of nitrogens with one attached hydrogen (secondary N) is 1. The van der Waals surface area contributed by atoms with Gasteiger partial charge in [0.15, 0.2) is 0 Å². The zero-order chi connectivity index (χ0) is 29.1. The molecular weight excluding hydrogens is 520 g/mol. The van der Waals surface area contributed by atoms with Crippen LogP contribution in [0.1, 0.15) is 60.3 Å². The van der Waals surface area contributed by atoms with Gasteiger partial charge in [0.2, 0.25) is 11.8 Å². The largest absolute Gasteiger partial charge is 0.497 e. The molecule has 1 aliphatic carbocycles. The average Bonchev–Trinajstić information content (AvgIpc) is 3.56. The van der Waals surface area contributed by atoms with Gasteiger partial charge >= 0.3 is 0 Å². The Kier molecular flexibility index (Phi) is 10.1. The second-order valence-electron chi connectivity index (χ2n) is 11.1. The molecule has 0 unspecified atom stereocenters. The van der Waals surface area contributed by atoms with Gasteiger partial charge in [-0.05, 0) is 47.2 Å². The summed E-state index contributed by atoms with van der Waals surface area (Å²) < 4.78 is 5.49. The summed E-state index contributed by atoms with van der Waals surface area (Å²) in [5.74, 6) is 0.445. The lowest BCUT2D eigenvalue weighted by Gasteiger charge is -2.33. The zero-order valence-corrected chi connectivity index (χ0v) is 24.3. The number of carbonyl (C=O) groups is 2. The number of amides is 2. The number of hydrogen-bond acceptors (Lipinski definition) is 3. The first-order chi connectivity index (χ1) is 20.6. The van der Waals surface area contributed by atoms with Crippen molar-refractivity contribution in [2.75, 3.05) is 7.11 Å². The van der Waals surface area contributed by atoms with Gasteiger partial charge in [-0.1, -0.05) is 116 Å². The lowest BCUT2D eigenvalue weighted by atomic mass is 9.87. The molecule has 5 rings (SSSR count). The van der Waals surface area contributed by atoms with E-state index < -0.39 is 6.04 Å². The fraction of sp³-hybridized carbons (Fsp3) is 0.297. The van der Waals surface area contributed by atoms with Crippen molar-refractivity contribution < 1.29 is 14.3 Å². The van der Waals surface area contributed by atoms with E-state index in [9.17, 15) is 9.59 Å². The highest BCUT2D eigenvalue weighted by Gasteiger charge is 2.33. The van der Waals surface area contributed by atoms with E-state index in [2.05, 4.69) is 29.6 Å². The Morgan fingerprint density at radius 1 is 0.786 bits per heavy atom. The highest BCUT2D eigenvalue weighted by molar-refractivity contribution is 5.88. The number of rotatable bonds is 12. The lowest BCUT2D eigenvalue weighted by molar-refractivity contribution is -0.141. The van der Waals surface area contributed by atoms with E-state index in [0.29, 0.717) is 13.0 Å². The van der Waals surface area contributed by atoms with Crippen molar-refractivity contribution >= 4 is 11.8 Å². The zero-order valence-electron chi connectivity index (χ0n) is 24.3. The van der Waals surface area contributed by atoms with E-state index >= 15 is 0 Å². The second-order valence-corrected chi connectivity index (χ2v) is 11.1. The number of hydrogen-bond donors (Lipinski definition) is 1. The standard InChI is InChI=1S/C37H40N2O3/c1-42-33-23-13-16-29(24-33)27-39(35(25-28-14-5-2-6-15-28)37(41)38-32-21-11-12-22-32)36(40)26-34(30-17-7-3-8-18-30)31-19-9-4-10-20-31/h2-10,13-20,23-24,32,34-35H,11-12,21-22,25-27H2,1H3,(H,38,41)/t35-/m1/s1. The van der Waals surface area contributed by atoms with E-state index in [4.69, 9.17) is 4.74 Å². The van der Waals surface area contributed by atoms with Crippen molar-refractivity contribution in [3.05, 3.63) is 138 Å². The smallest absolute Gasteiger partial charge is 0.243 e. The average molecular weight is 561 g/mol. The monoisotopic (exact) mass is 560 g/mol. The molecule has 4 aromatic rings. The highest BCUT2D eigenvalue weighted by Crippen LogP contribution is 2.30. The fourth-order valence-electron chi connectivity index (χ4n) is 5.98. The van der Waals surface area contributed by atoms with Gasteiger partial charge < -0.3 is 15.0 Å². The van der Waals surface area contributed by atoms with Crippen LogP contribution in [-0.2, 0) is 22.6 Å². The molecule has 0 aliphatic heterocycles. The fourth-order valence-corrected chi connectivity index (χ4v) is 5.98. The molecule has 0 radical (unpaired) electrons. The summed E-state index contributed by atoms with van der Waals surface area (Å²) >= 11 is 0. The maximum Gasteiger partial charge on any atom is 0.243 e. The number of benzene rings is 4. The lowest BCUT2D eigenvalue weighted by Crippen LogP contribution is -2.52. The van der Waals surface area contributed by atoms with Crippen molar-refractivity contribution in [1.29, 1.82) is 0 Å². The van der Waals surface area contributed by atoms with E-state index in [1.165, 1.54) is 0 Å². The Hall–Kier alpha value is -4.38. The van der Waals surface area contributed by atoms with Crippen molar-refractivity contribution in [3.63, 3.8) is 0 Å². The second kappa shape index (κ2) is 14.5. The topological polar surface area (TPSA) is 58.6 Å². The van der Waals surface area contributed by atoms with Gasteiger partial charge in [0.25, 0.3) is 0 Å². The number of nitrogens with zero attached hydrogens (tertiary/aromatic N) is 1. The summed E-state index contributed by atoms with van der Waals surface area (Å²) in [6.45, 7) is 0.307. The Labute approximate surface area is 249 Å². The highest BCUT2D eigenvalue weighted by atomic mass is 16.5. The quantitative estimate of drug-likeness (QED) is 0.205. The normalized spacial score (nSPS) is 14.0. The van der Waals surface area contributed by atoms with Gasteiger partial charge in [-0.3, -0.25) is 9.59 Å². The number of ether oxygens (including phenoxy) is 1. The first-order valence-electron chi connectivity index (χ1n) is 15.0. The van der Waals surface area contributed by atoms with E-state index in [1.807, 2.05) is 91.0 Å². The Balaban J connectivity index is 1.52. The molecule has 1 fully saturated rings. The van der Waals surface area contributed by atoms with Crippen LogP contribution in [0.5, 0.6) is 5.75 Å². The van der Waals surface area contributed by atoms with Crippen LogP contribution in [0.4, 0.5) is 0 Å². The summed E-state index contributed by atoms with van der Waals surface area (Å²) in [6.07, 6.45) is 4.90. The maximum atomic E-state index is 14.5. The van der Waals surface area contributed by atoms with Crippen molar-refractivity contribution in [2.45, 2.75) is 63.1 Å². The van der Waals surface area contributed by atoms with Crippen molar-refractivity contribution in [3.8, 4) is 5.75 Å². The third kappa shape index (κ3) is 7.67. The maximum absolute atomic E-state index is 14.5. The molecule has 42 heavy (non-hydrogen) atoms. The molecule has 0 aromatic heterocycles. The Morgan fingerprint density at radius 3 is 1.95 bits per heavy atom.